The van der Waals surface area contributed by atoms with Gasteiger partial charge < -0.3 is 30.2 Å². The number of thiophene rings is 1. The fourth-order valence-electron chi connectivity index (χ4n) is 10.7. The summed E-state index contributed by atoms with van der Waals surface area (Å²) in [5.74, 6) is -1.84. The first-order chi connectivity index (χ1) is 35.6. The molecular formula is C56H65F2N7O8S2. The molecule has 0 bridgehead atoms. The lowest BCUT2D eigenvalue weighted by molar-refractivity contribution is -0.384. The number of nitro groups is 1. The number of halogens is 2. The molecule has 0 radical (unpaired) electrons. The Labute approximate surface area is 440 Å². The van der Waals surface area contributed by atoms with Crippen molar-refractivity contribution in [1.29, 1.82) is 0 Å². The molecule has 1 saturated heterocycles. The second-order valence-electron chi connectivity index (χ2n) is 21.5. The second-order valence-corrected chi connectivity index (χ2v) is 24.1. The number of aromatic amines is 1. The maximum atomic E-state index is 15.7. The fourth-order valence-corrected chi connectivity index (χ4v) is 12.6. The van der Waals surface area contributed by atoms with Crippen molar-refractivity contribution in [2.75, 3.05) is 49.5 Å². The molecule has 1 aliphatic heterocycles. The van der Waals surface area contributed by atoms with Crippen LogP contribution in [-0.2, 0) is 15.6 Å². The lowest BCUT2D eigenvalue weighted by atomic mass is 9.73. The number of carbonyl (C=O) groups is 1. The van der Waals surface area contributed by atoms with Crippen molar-refractivity contribution in [3.05, 3.63) is 128 Å². The minimum atomic E-state index is -4.63. The minimum Gasteiger partial charge on any atom is -0.455 e. The molecular weight excluding hydrogens is 1000 g/mol. The summed E-state index contributed by atoms with van der Waals surface area (Å²) in [5.41, 5.74) is 2.06. The Balaban J connectivity index is 0.916. The lowest BCUT2D eigenvalue weighted by Crippen LogP contribution is -2.47. The quantitative estimate of drug-likeness (QED) is 0.0428. The van der Waals surface area contributed by atoms with Crippen molar-refractivity contribution in [2.45, 2.75) is 109 Å². The van der Waals surface area contributed by atoms with Crippen LogP contribution in [0.5, 0.6) is 11.5 Å². The highest BCUT2D eigenvalue weighted by molar-refractivity contribution is 7.90. The number of allylic oxidation sites excluding steroid dienone is 1. The van der Waals surface area contributed by atoms with Crippen molar-refractivity contribution >= 4 is 60.9 Å². The average molecular weight is 1070 g/mol. The topological polar surface area (TPSA) is 203 Å². The van der Waals surface area contributed by atoms with Gasteiger partial charge >= 0.3 is 0 Å². The minimum absolute atomic E-state index is 0.0331. The Bertz CT molecular complexity index is 3240. The molecule has 1 amide bonds. The highest BCUT2D eigenvalue weighted by atomic mass is 32.2. The van der Waals surface area contributed by atoms with Crippen LogP contribution in [0.1, 0.15) is 113 Å². The molecule has 3 aromatic carbocycles. The molecule has 5 N–H and O–H groups in total. The van der Waals surface area contributed by atoms with E-state index in [2.05, 4.69) is 43.7 Å². The summed E-state index contributed by atoms with van der Waals surface area (Å²) in [4.78, 5) is 38.2. The van der Waals surface area contributed by atoms with Crippen LogP contribution in [0.15, 0.2) is 95.0 Å². The highest BCUT2D eigenvalue weighted by Gasteiger charge is 2.34. The predicted molar refractivity (Wildman–Crippen MR) is 289 cm³/mol. The Hall–Kier alpha value is -6.25. The van der Waals surface area contributed by atoms with Crippen LogP contribution in [0.3, 0.4) is 0 Å². The largest absolute Gasteiger partial charge is 0.455 e. The average Bonchev–Trinajstić information content (AvgIpc) is 4.07. The lowest BCUT2D eigenvalue weighted by Gasteiger charge is -2.39. The van der Waals surface area contributed by atoms with Gasteiger partial charge in [0.05, 0.1) is 38.3 Å². The van der Waals surface area contributed by atoms with Gasteiger partial charge in [-0.3, -0.25) is 19.8 Å². The van der Waals surface area contributed by atoms with E-state index in [4.69, 9.17) is 4.74 Å². The number of benzene rings is 3. The number of ether oxygens (including phenoxy) is 1. The van der Waals surface area contributed by atoms with Crippen molar-refractivity contribution < 1.29 is 41.9 Å². The Morgan fingerprint density at radius 1 is 0.987 bits per heavy atom. The number of amides is 1. The van der Waals surface area contributed by atoms with Crippen LogP contribution >= 0.6 is 11.3 Å². The van der Waals surface area contributed by atoms with Crippen LogP contribution in [0.4, 0.5) is 25.8 Å². The fraction of sp³-hybridized carbons (Fsp3) is 0.429. The molecule has 3 aliphatic rings. The maximum absolute atomic E-state index is 15.7. The van der Waals surface area contributed by atoms with Crippen molar-refractivity contribution in [1.82, 2.24) is 19.6 Å². The summed E-state index contributed by atoms with van der Waals surface area (Å²) in [6, 6.07) is 16.4. The third kappa shape index (κ3) is 11.9. The first-order valence-corrected chi connectivity index (χ1v) is 28.1. The van der Waals surface area contributed by atoms with E-state index in [1.165, 1.54) is 59.0 Å². The van der Waals surface area contributed by atoms with Gasteiger partial charge in [-0.05, 0) is 153 Å². The number of aromatic nitrogens is 2. The number of aliphatic hydroxyl groups is 2. The summed E-state index contributed by atoms with van der Waals surface area (Å²) in [7, 11) is -4.63. The normalized spacial score (nSPS) is 19.6. The molecule has 19 heteroatoms. The van der Waals surface area contributed by atoms with Crippen LogP contribution in [0.25, 0.3) is 27.7 Å². The maximum Gasteiger partial charge on any atom is 0.293 e. The number of hydrogen-bond acceptors (Lipinski definition) is 13. The molecule has 398 valence electrons. The van der Waals surface area contributed by atoms with Crippen molar-refractivity contribution in [2.24, 2.45) is 11.3 Å². The van der Waals surface area contributed by atoms with Crippen LogP contribution < -0.4 is 19.7 Å². The number of fused-ring (bicyclic) bond motifs is 1. The number of anilines is 2. The summed E-state index contributed by atoms with van der Waals surface area (Å²) in [6.45, 7) is 13.7. The van der Waals surface area contributed by atoms with E-state index in [1.807, 2.05) is 17.5 Å². The zero-order valence-corrected chi connectivity index (χ0v) is 44.6. The number of nitrogens with zero attached hydrogens (tertiary/aromatic N) is 4. The van der Waals surface area contributed by atoms with Crippen LogP contribution in [-0.4, -0.2) is 89.2 Å². The van der Waals surface area contributed by atoms with Gasteiger partial charge in [0.25, 0.3) is 21.6 Å². The Morgan fingerprint density at radius 2 is 1.71 bits per heavy atom. The van der Waals surface area contributed by atoms with Gasteiger partial charge in [-0.1, -0.05) is 33.3 Å². The summed E-state index contributed by atoms with van der Waals surface area (Å²) in [6.07, 6.45) is 9.32. The van der Waals surface area contributed by atoms with E-state index in [9.17, 15) is 33.5 Å². The number of nitrogens with one attached hydrogen (secondary N) is 3. The third-order valence-electron chi connectivity index (χ3n) is 15.6. The molecule has 3 aromatic heterocycles. The summed E-state index contributed by atoms with van der Waals surface area (Å²) >= 11 is 1.49. The van der Waals surface area contributed by atoms with E-state index < -0.39 is 54.3 Å². The van der Waals surface area contributed by atoms with Gasteiger partial charge in [-0.2, -0.15) is 0 Å². The molecule has 1 saturated carbocycles. The van der Waals surface area contributed by atoms with Crippen molar-refractivity contribution in [3.63, 3.8) is 0 Å². The van der Waals surface area contributed by atoms with E-state index >= 15 is 8.78 Å². The number of pyridine rings is 1. The summed E-state index contributed by atoms with van der Waals surface area (Å²) < 4.78 is 67.5. The predicted octanol–water partition coefficient (Wildman–Crippen LogP) is 11.5. The highest BCUT2D eigenvalue weighted by Crippen LogP contribution is 2.46. The molecule has 15 nitrogen and oxygen atoms in total. The Kier molecular flexibility index (Phi) is 15.3. The van der Waals surface area contributed by atoms with E-state index in [0.29, 0.717) is 75.4 Å². The molecule has 0 spiro atoms. The van der Waals surface area contributed by atoms with E-state index in [1.54, 1.807) is 45.2 Å². The molecule has 6 aromatic rings. The van der Waals surface area contributed by atoms with Gasteiger partial charge in [-0.15, -0.1) is 11.3 Å². The van der Waals surface area contributed by atoms with Gasteiger partial charge in [0.2, 0.25) is 0 Å². The molecule has 75 heavy (non-hydrogen) atoms. The van der Waals surface area contributed by atoms with Gasteiger partial charge in [0, 0.05) is 73.5 Å². The number of nitro benzene ring substituents is 1. The zero-order valence-electron chi connectivity index (χ0n) is 43.0. The zero-order chi connectivity index (χ0) is 53.5. The Morgan fingerprint density at radius 3 is 2.40 bits per heavy atom. The van der Waals surface area contributed by atoms with Gasteiger partial charge in [-0.25, -0.2) is 26.9 Å². The molecule has 0 unspecified atom stereocenters. The van der Waals surface area contributed by atoms with Crippen LogP contribution in [0, 0.1) is 33.1 Å². The first kappa shape index (κ1) is 53.6. The number of carbonyl (C=O) groups excluding carboxylic acids is 1. The van der Waals surface area contributed by atoms with Gasteiger partial charge in [0.15, 0.2) is 0 Å². The smallest absolute Gasteiger partial charge is 0.293 e. The van der Waals surface area contributed by atoms with E-state index in [-0.39, 0.29) is 39.5 Å². The number of hydrogen-bond donors (Lipinski definition) is 5. The molecule has 0 atom stereocenters. The second kappa shape index (κ2) is 21.4. The summed E-state index contributed by atoms with van der Waals surface area (Å²) in [5, 5.41) is 39.2. The number of H-pyrrole nitrogens is 1. The number of sulfonamides is 1. The molecule has 4 heterocycles. The SMILES string of the molecule is CCC(O)(CC)c1cc(F)c(-c2csc(C3=C(CN4CCN(c5ccc(C(=O)NS(=O)(=O)c6ccc(NC[C@H]7CC[C@](C)(O)CC7)c([N+](=O)[O-])c6)c(Oc6cnc7[nH]ccc7c6)c5)CC4)CCC(C)(C)C3)c2)c(F)c1. The standard InChI is InChI=1S/C56H65F2N7O8S2/c1-6-56(68,7-2)39-26-45(57)51(46(58)27-39)38-25-50(74-34-38)44-30-54(3,4)16-14-37(44)33-63-20-22-64(23-21-63)40-8-10-43(49(28-40)73-41-24-36-15-19-59-52(36)61-32-41)53(66)62-75(71,72)42-9-11-47(48(29-42)65(69)70)60-31-35-12-17-55(5,67)18-13-35/h8-11,15,19,24-29,32,34-35,60,67-68H,6-7,12-14,16-18,20-23,30-31,33H2,1-5H3,(H,59,61)(H,62,66)/t35-,55-. The number of rotatable bonds is 17. The number of piperazine rings is 1. The van der Waals surface area contributed by atoms with Crippen LogP contribution in [0.2, 0.25) is 0 Å². The van der Waals surface area contributed by atoms with Crippen molar-refractivity contribution in [3.8, 4) is 22.6 Å². The molecule has 9 rings (SSSR count). The molecule has 2 fully saturated rings. The van der Waals surface area contributed by atoms with E-state index in [0.717, 1.165) is 60.7 Å². The monoisotopic (exact) mass is 1070 g/mol. The first-order valence-electron chi connectivity index (χ1n) is 25.7. The molecule has 2 aliphatic carbocycles. The third-order valence-corrected chi connectivity index (χ3v) is 17.9. The van der Waals surface area contributed by atoms with Gasteiger partial charge in [0.1, 0.15) is 34.5 Å².